The lowest BCUT2D eigenvalue weighted by atomic mass is 10.1. The first-order chi connectivity index (χ1) is 13.0. The second kappa shape index (κ2) is 12.0. The predicted octanol–water partition coefficient (Wildman–Crippen LogP) is 2.73. The average molecular weight is 516 g/mol. The van der Waals surface area contributed by atoms with E-state index in [9.17, 15) is 9.90 Å². The van der Waals surface area contributed by atoms with Crippen LogP contribution in [0.15, 0.2) is 46.8 Å². The SMILES string of the molecule is CCNC(=NCC(C)(O)c1cccs1)NCCc1cccc(C(=O)NC)c1.I. The lowest BCUT2D eigenvalue weighted by Gasteiger charge is -2.20. The zero-order valence-electron chi connectivity index (χ0n) is 16.5. The summed E-state index contributed by atoms with van der Waals surface area (Å²) < 4.78 is 0. The van der Waals surface area contributed by atoms with Gasteiger partial charge in [0.1, 0.15) is 5.60 Å². The van der Waals surface area contributed by atoms with Gasteiger partial charge in [0.15, 0.2) is 5.96 Å². The van der Waals surface area contributed by atoms with E-state index in [0.717, 1.165) is 23.4 Å². The third-order valence-corrected chi connectivity index (χ3v) is 5.19. The van der Waals surface area contributed by atoms with Crippen molar-refractivity contribution in [3.05, 3.63) is 57.8 Å². The third kappa shape index (κ3) is 7.40. The number of hydrogen-bond donors (Lipinski definition) is 4. The van der Waals surface area contributed by atoms with Gasteiger partial charge in [0.05, 0.1) is 6.54 Å². The Hall–Kier alpha value is -1.65. The number of carbonyl (C=O) groups excluding carboxylic acids is 1. The summed E-state index contributed by atoms with van der Waals surface area (Å²) in [5, 5.41) is 21.7. The smallest absolute Gasteiger partial charge is 0.251 e. The number of carbonyl (C=O) groups is 1. The van der Waals surface area contributed by atoms with E-state index in [0.29, 0.717) is 18.1 Å². The van der Waals surface area contributed by atoms with Crippen LogP contribution in [0.3, 0.4) is 0 Å². The summed E-state index contributed by atoms with van der Waals surface area (Å²) in [5.41, 5.74) is 0.742. The molecule has 0 aliphatic rings. The fourth-order valence-electron chi connectivity index (χ4n) is 2.58. The molecule has 0 bridgehead atoms. The van der Waals surface area contributed by atoms with Crippen molar-refractivity contribution < 1.29 is 9.90 Å². The highest BCUT2D eigenvalue weighted by atomic mass is 127. The van der Waals surface area contributed by atoms with Crippen molar-refractivity contribution in [3.8, 4) is 0 Å². The molecule has 154 valence electrons. The topological polar surface area (TPSA) is 85.8 Å². The van der Waals surface area contributed by atoms with Crippen LogP contribution < -0.4 is 16.0 Å². The molecule has 0 aliphatic heterocycles. The summed E-state index contributed by atoms with van der Waals surface area (Å²) in [6, 6.07) is 11.4. The number of rotatable bonds is 8. The van der Waals surface area contributed by atoms with Gasteiger partial charge in [0, 0.05) is 30.6 Å². The zero-order valence-corrected chi connectivity index (χ0v) is 19.6. The van der Waals surface area contributed by atoms with Crippen LogP contribution in [0.1, 0.15) is 34.6 Å². The maximum Gasteiger partial charge on any atom is 0.251 e. The average Bonchev–Trinajstić information content (AvgIpc) is 3.21. The molecule has 2 aromatic rings. The molecule has 0 saturated heterocycles. The first-order valence-corrected chi connectivity index (χ1v) is 9.94. The van der Waals surface area contributed by atoms with Crippen molar-refractivity contribution in [2.75, 3.05) is 26.7 Å². The number of halogens is 1. The Balaban J connectivity index is 0.00000392. The van der Waals surface area contributed by atoms with E-state index in [1.54, 1.807) is 20.0 Å². The number of thiophene rings is 1. The van der Waals surface area contributed by atoms with E-state index < -0.39 is 5.60 Å². The van der Waals surface area contributed by atoms with Gasteiger partial charge in [0.25, 0.3) is 5.91 Å². The number of guanidine groups is 1. The molecule has 6 nitrogen and oxygen atoms in total. The van der Waals surface area contributed by atoms with E-state index in [2.05, 4.69) is 20.9 Å². The highest BCUT2D eigenvalue weighted by Crippen LogP contribution is 2.25. The Kier molecular flexibility index (Phi) is 10.5. The second-order valence-corrected chi connectivity index (χ2v) is 7.35. The standard InChI is InChI=1S/C20H28N4O2S.HI/c1-4-22-19(24-14-20(2,26)17-9-6-12-27-17)23-11-10-15-7-5-8-16(13-15)18(25)21-3;/h5-9,12-13,26H,4,10-11,14H2,1-3H3,(H,21,25)(H2,22,23,24);1H. The molecule has 4 N–H and O–H groups in total. The van der Waals surface area contributed by atoms with Crippen LogP contribution in [0.5, 0.6) is 0 Å². The van der Waals surface area contributed by atoms with Crippen molar-refractivity contribution in [2.24, 2.45) is 4.99 Å². The van der Waals surface area contributed by atoms with Crippen molar-refractivity contribution in [3.63, 3.8) is 0 Å². The Bertz CT molecular complexity index is 763. The number of nitrogens with zero attached hydrogens (tertiary/aromatic N) is 1. The Morgan fingerprint density at radius 1 is 1.25 bits per heavy atom. The van der Waals surface area contributed by atoms with Crippen molar-refractivity contribution in [1.29, 1.82) is 0 Å². The molecule has 0 radical (unpaired) electrons. The van der Waals surface area contributed by atoms with E-state index in [1.165, 1.54) is 11.3 Å². The van der Waals surface area contributed by atoms with Crippen LogP contribution in [0, 0.1) is 0 Å². The first-order valence-electron chi connectivity index (χ1n) is 9.06. The van der Waals surface area contributed by atoms with Gasteiger partial charge >= 0.3 is 0 Å². The number of benzene rings is 1. The molecule has 1 amide bonds. The molecule has 0 aliphatic carbocycles. The van der Waals surface area contributed by atoms with Crippen LogP contribution in [-0.2, 0) is 12.0 Å². The van der Waals surface area contributed by atoms with E-state index >= 15 is 0 Å². The minimum absolute atomic E-state index is 0. The Labute approximate surface area is 187 Å². The lowest BCUT2D eigenvalue weighted by molar-refractivity contribution is 0.0711. The number of aliphatic hydroxyl groups is 1. The normalized spacial score (nSPS) is 13.2. The molecule has 1 aromatic carbocycles. The monoisotopic (exact) mass is 516 g/mol. The lowest BCUT2D eigenvalue weighted by Crippen LogP contribution is -2.39. The zero-order chi connectivity index (χ0) is 19.7. The quantitative estimate of drug-likeness (QED) is 0.247. The van der Waals surface area contributed by atoms with Crippen LogP contribution >= 0.6 is 35.3 Å². The molecule has 1 aromatic heterocycles. The summed E-state index contributed by atoms with van der Waals surface area (Å²) >= 11 is 1.52. The van der Waals surface area contributed by atoms with Gasteiger partial charge in [-0.05, 0) is 49.4 Å². The molecule has 2 rings (SSSR count). The fourth-order valence-corrected chi connectivity index (χ4v) is 3.35. The minimum atomic E-state index is -0.988. The summed E-state index contributed by atoms with van der Waals surface area (Å²) in [7, 11) is 1.63. The number of nitrogens with one attached hydrogen (secondary N) is 3. The van der Waals surface area contributed by atoms with Crippen molar-refractivity contribution in [2.45, 2.75) is 25.9 Å². The fraction of sp³-hybridized carbons (Fsp3) is 0.400. The second-order valence-electron chi connectivity index (χ2n) is 6.40. The largest absolute Gasteiger partial charge is 0.383 e. The predicted molar refractivity (Wildman–Crippen MR) is 127 cm³/mol. The molecular formula is C20H29IN4O2S. The van der Waals surface area contributed by atoms with Crippen LogP contribution in [0.4, 0.5) is 0 Å². The molecule has 1 atom stereocenters. The van der Waals surface area contributed by atoms with Crippen molar-refractivity contribution in [1.82, 2.24) is 16.0 Å². The van der Waals surface area contributed by atoms with Gasteiger partial charge in [-0.3, -0.25) is 4.79 Å². The number of amides is 1. The van der Waals surface area contributed by atoms with E-state index in [4.69, 9.17) is 0 Å². The van der Waals surface area contributed by atoms with Gasteiger partial charge in [-0.2, -0.15) is 0 Å². The number of aliphatic imine (C=N–C) groups is 1. The molecule has 28 heavy (non-hydrogen) atoms. The summed E-state index contributed by atoms with van der Waals surface area (Å²) in [6.07, 6.45) is 0.760. The highest BCUT2D eigenvalue weighted by molar-refractivity contribution is 14.0. The highest BCUT2D eigenvalue weighted by Gasteiger charge is 2.23. The maximum atomic E-state index is 11.7. The van der Waals surface area contributed by atoms with Gasteiger partial charge in [-0.15, -0.1) is 35.3 Å². The summed E-state index contributed by atoms with van der Waals surface area (Å²) in [4.78, 5) is 17.1. The molecular weight excluding hydrogens is 487 g/mol. The van der Waals surface area contributed by atoms with Gasteiger partial charge in [-0.25, -0.2) is 4.99 Å². The van der Waals surface area contributed by atoms with Crippen LogP contribution in [0.2, 0.25) is 0 Å². The number of hydrogen-bond acceptors (Lipinski definition) is 4. The first kappa shape index (κ1) is 24.4. The molecule has 8 heteroatoms. The molecule has 1 unspecified atom stereocenters. The van der Waals surface area contributed by atoms with Crippen molar-refractivity contribution >= 4 is 47.2 Å². The molecule has 0 saturated carbocycles. The van der Waals surface area contributed by atoms with Crippen LogP contribution in [0.25, 0.3) is 0 Å². The van der Waals surface area contributed by atoms with Gasteiger partial charge in [-0.1, -0.05) is 18.2 Å². The van der Waals surface area contributed by atoms with Crippen LogP contribution in [-0.4, -0.2) is 43.7 Å². The third-order valence-electron chi connectivity index (χ3n) is 4.06. The van der Waals surface area contributed by atoms with E-state index in [-0.39, 0.29) is 36.4 Å². The van der Waals surface area contributed by atoms with E-state index in [1.807, 2.05) is 42.6 Å². The summed E-state index contributed by atoms with van der Waals surface area (Å²) in [6.45, 7) is 5.45. The molecule has 0 fully saturated rings. The summed E-state index contributed by atoms with van der Waals surface area (Å²) in [5.74, 6) is 0.576. The maximum absolute atomic E-state index is 11.7. The minimum Gasteiger partial charge on any atom is -0.383 e. The Morgan fingerprint density at radius 3 is 2.68 bits per heavy atom. The van der Waals surface area contributed by atoms with Gasteiger partial charge in [0.2, 0.25) is 0 Å². The van der Waals surface area contributed by atoms with Gasteiger partial charge < -0.3 is 21.1 Å². The Morgan fingerprint density at radius 2 is 2.04 bits per heavy atom. The molecule has 1 heterocycles. The molecule has 0 spiro atoms.